The first-order valence-corrected chi connectivity index (χ1v) is 3.55. The average molecular weight is 160 g/mol. The van der Waals surface area contributed by atoms with Crippen molar-refractivity contribution < 1.29 is 15.0 Å². The van der Waals surface area contributed by atoms with Gasteiger partial charge in [0, 0.05) is 6.54 Å². The second-order valence-electron chi connectivity index (χ2n) is 2.47. The van der Waals surface area contributed by atoms with Crippen molar-refractivity contribution in [3.05, 3.63) is 0 Å². The quantitative estimate of drug-likeness (QED) is 0.470. The molecule has 1 rings (SSSR count). The molecule has 0 aromatic heterocycles. The number of hydrogen-bond acceptors (Lipinski definition) is 3. The molecule has 1 fully saturated rings. The molecular formula is C6H12N2O3. The molecule has 0 saturated carbocycles. The van der Waals surface area contributed by atoms with Crippen molar-refractivity contribution in [2.75, 3.05) is 19.9 Å². The minimum atomic E-state index is -0.336. The van der Waals surface area contributed by atoms with Crippen LogP contribution in [-0.2, 0) is 0 Å². The van der Waals surface area contributed by atoms with Gasteiger partial charge in [0.25, 0.3) is 0 Å². The lowest BCUT2D eigenvalue weighted by molar-refractivity contribution is 0.0517. The van der Waals surface area contributed by atoms with Crippen molar-refractivity contribution >= 4 is 6.03 Å². The highest BCUT2D eigenvalue weighted by molar-refractivity contribution is 5.75. The summed E-state index contributed by atoms with van der Waals surface area (Å²) < 4.78 is 0. The summed E-state index contributed by atoms with van der Waals surface area (Å²) in [5, 5.41) is 20.1. The third-order valence-electron chi connectivity index (χ3n) is 1.82. The largest absolute Gasteiger partial charge is 0.394 e. The van der Waals surface area contributed by atoms with Crippen LogP contribution in [0.3, 0.4) is 0 Å². The summed E-state index contributed by atoms with van der Waals surface area (Å²) >= 11 is 0. The summed E-state index contributed by atoms with van der Waals surface area (Å²) in [6.45, 7) is 0.144. The van der Waals surface area contributed by atoms with Gasteiger partial charge in [0.05, 0.1) is 12.6 Å². The molecule has 1 atom stereocenters. The molecule has 11 heavy (non-hydrogen) atoms. The molecular weight excluding hydrogens is 148 g/mol. The van der Waals surface area contributed by atoms with Crippen molar-refractivity contribution in [3.8, 4) is 0 Å². The number of carbonyl (C=O) groups excluding carboxylic acids is 1. The number of rotatable bonds is 2. The Hall–Kier alpha value is -0.810. The summed E-state index contributed by atoms with van der Waals surface area (Å²) in [4.78, 5) is 12.2. The molecule has 1 aliphatic rings. The summed E-state index contributed by atoms with van der Waals surface area (Å²) in [6.07, 6.45) is 0.683. The average Bonchev–Trinajstić information content (AvgIpc) is 2.04. The van der Waals surface area contributed by atoms with Gasteiger partial charge in [-0.25, -0.2) is 4.79 Å². The lowest BCUT2D eigenvalue weighted by Crippen LogP contribution is -2.53. The highest BCUT2D eigenvalue weighted by Crippen LogP contribution is 2.07. The summed E-state index contributed by atoms with van der Waals surface area (Å²) in [7, 11) is 0. The Morgan fingerprint density at radius 3 is 2.82 bits per heavy atom. The second-order valence-corrected chi connectivity index (χ2v) is 2.47. The van der Waals surface area contributed by atoms with Crippen molar-refractivity contribution in [2.24, 2.45) is 0 Å². The zero-order chi connectivity index (χ0) is 8.27. The molecule has 5 heteroatoms. The van der Waals surface area contributed by atoms with E-state index in [9.17, 15) is 4.79 Å². The standard InChI is InChI=1S/C6H12N2O3/c9-3-5-1-2-7-6(11)8(5)4-10/h5,9-10H,1-4H2,(H,7,11). The number of carbonyl (C=O) groups is 1. The molecule has 1 aliphatic heterocycles. The number of nitrogens with one attached hydrogen (secondary N) is 1. The molecule has 0 aliphatic carbocycles. The molecule has 5 nitrogen and oxygen atoms in total. The van der Waals surface area contributed by atoms with E-state index in [1.165, 1.54) is 4.90 Å². The summed E-state index contributed by atoms with van der Waals surface area (Å²) in [5.74, 6) is 0. The lowest BCUT2D eigenvalue weighted by Gasteiger charge is -2.32. The van der Waals surface area contributed by atoms with Crippen LogP contribution in [0.5, 0.6) is 0 Å². The number of amides is 2. The van der Waals surface area contributed by atoms with Gasteiger partial charge in [-0.1, -0.05) is 0 Å². The monoisotopic (exact) mass is 160 g/mol. The number of urea groups is 1. The molecule has 0 spiro atoms. The fourth-order valence-corrected chi connectivity index (χ4v) is 1.14. The Morgan fingerprint density at radius 1 is 1.64 bits per heavy atom. The molecule has 1 heterocycles. The van der Waals surface area contributed by atoms with Crippen LogP contribution in [0, 0.1) is 0 Å². The van der Waals surface area contributed by atoms with Gasteiger partial charge in [0.2, 0.25) is 0 Å². The molecule has 0 aromatic carbocycles. The maximum Gasteiger partial charge on any atom is 0.319 e. The van der Waals surface area contributed by atoms with Gasteiger partial charge in [-0.2, -0.15) is 0 Å². The summed E-state index contributed by atoms with van der Waals surface area (Å²) in [5.41, 5.74) is 0. The second kappa shape index (κ2) is 3.54. The zero-order valence-corrected chi connectivity index (χ0v) is 6.16. The van der Waals surface area contributed by atoms with Crippen LogP contribution >= 0.6 is 0 Å². The van der Waals surface area contributed by atoms with Crippen molar-refractivity contribution in [2.45, 2.75) is 12.5 Å². The van der Waals surface area contributed by atoms with Gasteiger partial charge in [-0.05, 0) is 6.42 Å². The van der Waals surface area contributed by atoms with Gasteiger partial charge >= 0.3 is 6.03 Å². The Labute approximate surface area is 64.6 Å². The fraction of sp³-hybridized carbons (Fsp3) is 0.833. The number of nitrogens with zero attached hydrogens (tertiary/aromatic N) is 1. The normalized spacial score (nSPS) is 25.1. The van der Waals surface area contributed by atoms with Crippen molar-refractivity contribution in [3.63, 3.8) is 0 Å². The third kappa shape index (κ3) is 1.61. The highest BCUT2D eigenvalue weighted by atomic mass is 16.3. The Kier molecular flexibility index (Phi) is 2.67. The van der Waals surface area contributed by atoms with E-state index in [0.717, 1.165) is 0 Å². The summed E-state index contributed by atoms with van der Waals surface area (Å²) in [6, 6.07) is -0.536. The van der Waals surface area contributed by atoms with E-state index in [4.69, 9.17) is 10.2 Å². The predicted molar refractivity (Wildman–Crippen MR) is 37.8 cm³/mol. The number of aliphatic hydroxyl groups excluding tert-OH is 2. The van der Waals surface area contributed by atoms with E-state index in [-0.39, 0.29) is 25.4 Å². The third-order valence-corrected chi connectivity index (χ3v) is 1.82. The molecule has 2 amide bonds. The maximum atomic E-state index is 10.9. The molecule has 1 unspecified atom stereocenters. The molecule has 0 aromatic rings. The maximum absolute atomic E-state index is 10.9. The van der Waals surface area contributed by atoms with Gasteiger partial charge in [0.15, 0.2) is 0 Å². The van der Waals surface area contributed by atoms with Crippen LogP contribution in [0.1, 0.15) is 6.42 Å². The Bertz CT molecular complexity index is 151. The SMILES string of the molecule is O=C1NCCC(CO)N1CO. The minimum Gasteiger partial charge on any atom is -0.394 e. The van der Waals surface area contributed by atoms with E-state index >= 15 is 0 Å². The first kappa shape index (κ1) is 8.29. The molecule has 64 valence electrons. The predicted octanol–water partition coefficient (Wildman–Crippen LogP) is -1.29. The first-order valence-electron chi connectivity index (χ1n) is 3.55. The molecule has 1 saturated heterocycles. The van der Waals surface area contributed by atoms with E-state index in [1.807, 2.05) is 0 Å². The van der Waals surface area contributed by atoms with Crippen LogP contribution in [0.4, 0.5) is 4.79 Å². The smallest absolute Gasteiger partial charge is 0.319 e. The van der Waals surface area contributed by atoms with Crippen molar-refractivity contribution in [1.82, 2.24) is 10.2 Å². The van der Waals surface area contributed by atoms with Crippen LogP contribution in [0.2, 0.25) is 0 Å². The van der Waals surface area contributed by atoms with Gasteiger partial charge < -0.3 is 15.5 Å². The van der Waals surface area contributed by atoms with Crippen LogP contribution in [-0.4, -0.2) is 47.1 Å². The van der Waals surface area contributed by atoms with Gasteiger partial charge in [0.1, 0.15) is 6.73 Å². The molecule has 3 N–H and O–H groups in total. The number of aliphatic hydroxyl groups is 2. The Morgan fingerprint density at radius 2 is 2.36 bits per heavy atom. The minimum absolute atomic E-state index is 0.0893. The topological polar surface area (TPSA) is 72.8 Å². The van der Waals surface area contributed by atoms with Gasteiger partial charge in [-0.15, -0.1) is 0 Å². The Balaban J connectivity index is 2.56. The van der Waals surface area contributed by atoms with Crippen LogP contribution in [0.15, 0.2) is 0 Å². The molecule has 0 bridgehead atoms. The van der Waals surface area contributed by atoms with Crippen LogP contribution in [0.25, 0.3) is 0 Å². The first-order chi connectivity index (χ1) is 5.29. The highest BCUT2D eigenvalue weighted by Gasteiger charge is 2.25. The van der Waals surface area contributed by atoms with Crippen LogP contribution < -0.4 is 5.32 Å². The van der Waals surface area contributed by atoms with E-state index in [1.54, 1.807) is 0 Å². The van der Waals surface area contributed by atoms with E-state index in [0.29, 0.717) is 13.0 Å². The van der Waals surface area contributed by atoms with E-state index < -0.39 is 0 Å². The number of hydrogen-bond donors (Lipinski definition) is 3. The fourth-order valence-electron chi connectivity index (χ4n) is 1.14. The lowest BCUT2D eigenvalue weighted by atomic mass is 10.1. The zero-order valence-electron chi connectivity index (χ0n) is 6.16. The molecule has 0 radical (unpaired) electrons. The van der Waals surface area contributed by atoms with E-state index in [2.05, 4.69) is 5.32 Å². The van der Waals surface area contributed by atoms with Crippen molar-refractivity contribution in [1.29, 1.82) is 0 Å². The van der Waals surface area contributed by atoms with Gasteiger partial charge in [-0.3, -0.25) is 4.90 Å².